The monoisotopic (exact) mass is 197 g/mol. The van der Waals surface area contributed by atoms with Crippen molar-refractivity contribution >= 4 is 6.29 Å². The third kappa shape index (κ3) is 2.63. The molecule has 0 saturated carbocycles. The van der Waals surface area contributed by atoms with Crippen molar-refractivity contribution in [1.29, 1.82) is 0 Å². The molecule has 0 aliphatic rings. The number of nitrogens with zero attached hydrogens (tertiary/aromatic N) is 3. The molecule has 1 rings (SSSR count). The van der Waals surface area contributed by atoms with Crippen molar-refractivity contribution in [3.63, 3.8) is 0 Å². The van der Waals surface area contributed by atoms with Crippen molar-refractivity contribution in [3.8, 4) is 0 Å². The number of rotatable bonds is 5. The van der Waals surface area contributed by atoms with Crippen LogP contribution in [0.4, 0.5) is 0 Å². The van der Waals surface area contributed by atoms with E-state index < -0.39 is 5.60 Å². The number of aldehydes is 1. The maximum Gasteiger partial charge on any atom is 0.151 e. The highest BCUT2D eigenvalue weighted by Crippen LogP contribution is 2.08. The predicted octanol–water partition coefficient (Wildman–Crippen LogP) is 0.180. The lowest BCUT2D eigenvalue weighted by Gasteiger charge is -2.14. The van der Waals surface area contributed by atoms with Crippen LogP contribution < -0.4 is 0 Å². The third-order valence-corrected chi connectivity index (χ3v) is 1.90. The summed E-state index contributed by atoms with van der Waals surface area (Å²) in [5.41, 5.74) is -1.35. The van der Waals surface area contributed by atoms with E-state index in [2.05, 4.69) is 10.1 Å². The second kappa shape index (κ2) is 4.32. The van der Waals surface area contributed by atoms with Gasteiger partial charge in [0.25, 0.3) is 0 Å². The molecular weight excluding hydrogens is 182 g/mol. The molecule has 1 aromatic rings. The van der Waals surface area contributed by atoms with E-state index in [1.165, 1.54) is 13.3 Å². The smallest absolute Gasteiger partial charge is 0.151 e. The minimum atomic E-state index is -1.35. The van der Waals surface area contributed by atoms with E-state index in [4.69, 9.17) is 0 Å². The van der Waals surface area contributed by atoms with Crippen LogP contribution in [0.15, 0.2) is 6.33 Å². The topological polar surface area (TPSA) is 68.0 Å². The number of hydrogen-bond donors (Lipinski definition) is 1. The minimum absolute atomic E-state index is 0.205. The molecule has 0 saturated heterocycles. The lowest BCUT2D eigenvalue weighted by Crippen LogP contribution is -2.30. The van der Waals surface area contributed by atoms with Crippen LogP contribution in [0.25, 0.3) is 0 Å². The summed E-state index contributed by atoms with van der Waals surface area (Å²) >= 11 is 0. The third-order valence-electron chi connectivity index (χ3n) is 1.90. The summed E-state index contributed by atoms with van der Waals surface area (Å²) in [6.45, 7) is 4.25. The number of aromatic nitrogens is 3. The summed E-state index contributed by atoms with van der Waals surface area (Å²) < 4.78 is 1.71. The lowest BCUT2D eigenvalue weighted by molar-refractivity contribution is -0.122. The fourth-order valence-electron chi connectivity index (χ4n) is 1.19. The van der Waals surface area contributed by atoms with E-state index in [1.54, 1.807) is 4.68 Å². The van der Waals surface area contributed by atoms with E-state index in [0.29, 0.717) is 12.1 Å². The number of aliphatic hydroxyl groups is 1. The van der Waals surface area contributed by atoms with Gasteiger partial charge in [0.2, 0.25) is 0 Å². The van der Waals surface area contributed by atoms with Gasteiger partial charge in [-0.2, -0.15) is 5.10 Å². The number of carbonyl (C=O) groups excluding carboxylic acids is 1. The Morgan fingerprint density at radius 1 is 1.71 bits per heavy atom. The summed E-state index contributed by atoms with van der Waals surface area (Å²) in [6.07, 6.45) is 3.11. The van der Waals surface area contributed by atoms with Gasteiger partial charge in [-0.15, -0.1) is 0 Å². The molecule has 78 valence electrons. The number of aryl methyl sites for hydroxylation is 1. The van der Waals surface area contributed by atoms with Crippen LogP contribution in [0, 0.1) is 0 Å². The van der Waals surface area contributed by atoms with Crippen molar-refractivity contribution in [2.45, 2.75) is 38.8 Å². The highest BCUT2D eigenvalue weighted by atomic mass is 16.3. The van der Waals surface area contributed by atoms with Crippen LogP contribution in [0.5, 0.6) is 0 Å². The normalized spacial score (nSPS) is 15.1. The average molecular weight is 197 g/mol. The maximum atomic E-state index is 10.5. The predicted molar refractivity (Wildman–Crippen MR) is 50.7 cm³/mol. The molecular formula is C9H15N3O2. The quantitative estimate of drug-likeness (QED) is 0.684. The zero-order chi connectivity index (χ0) is 10.6. The van der Waals surface area contributed by atoms with Gasteiger partial charge in [-0.3, -0.25) is 0 Å². The van der Waals surface area contributed by atoms with Crippen molar-refractivity contribution in [2.24, 2.45) is 0 Å². The van der Waals surface area contributed by atoms with Crippen LogP contribution in [-0.4, -0.2) is 31.8 Å². The average Bonchev–Trinajstić information content (AvgIpc) is 2.53. The van der Waals surface area contributed by atoms with E-state index in [9.17, 15) is 9.90 Å². The summed E-state index contributed by atoms with van der Waals surface area (Å²) in [4.78, 5) is 14.5. The zero-order valence-corrected chi connectivity index (χ0v) is 8.47. The first-order valence-electron chi connectivity index (χ1n) is 4.64. The molecule has 5 heteroatoms. The Labute approximate surface area is 82.8 Å². The van der Waals surface area contributed by atoms with E-state index in [1.807, 2.05) is 6.92 Å². The molecule has 1 unspecified atom stereocenters. The second-order valence-electron chi connectivity index (χ2n) is 3.55. The van der Waals surface area contributed by atoms with Gasteiger partial charge in [0.15, 0.2) is 6.29 Å². The van der Waals surface area contributed by atoms with Crippen molar-refractivity contribution in [2.75, 3.05) is 0 Å². The molecule has 1 heterocycles. The highest BCUT2D eigenvalue weighted by molar-refractivity contribution is 5.61. The number of carbonyl (C=O) groups is 1. The minimum Gasteiger partial charge on any atom is -0.382 e. The standard InChI is InChI=1S/C9H15N3O2/c1-3-4-12-8(10-7-11-12)5-9(2,14)6-13/h6-7,14H,3-5H2,1-2H3. The Bertz CT molecular complexity index is 307. The fourth-order valence-corrected chi connectivity index (χ4v) is 1.19. The molecule has 0 amide bonds. The zero-order valence-electron chi connectivity index (χ0n) is 8.47. The first kappa shape index (κ1) is 10.8. The van der Waals surface area contributed by atoms with Gasteiger partial charge in [0.1, 0.15) is 17.8 Å². The van der Waals surface area contributed by atoms with E-state index >= 15 is 0 Å². The summed E-state index contributed by atoms with van der Waals surface area (Å²) in [5, 5.41) is 13.5. The Morgan fingerprint density at radius 3 is 3.00 bits per heavy atom. The van der Waals surface area contributed by atoms with E-state index in [0.717, 1.165) is 13.0 Å². The fraction of sp³-hybridized carbons (Fsp3) is 0.667. The summed E-state index contributed by atoms with van der Waals surface area (Å²) in [6, 6.07) is 0. The second-order valence-corrected chi connectivity index (χ2v) is 3.55. The molecule has 0 bridgehead atoms. The van der Waals surface area contributed by atoms with Crippen molar-refractivity contribution in [3.05, 3.63) is 12.2 Å². The molecule has 1 aromatic heterocycles. The van der Waals surface area contributed by atoms with Crippen LogP contribution in [0.3, 0.4) is 0 Å². The first-order chi connectivity index (χ1) is 6.59. The van der Waals surface area contributed by atoms with Gasteiger partial charge in [-0.1, -0.05) is 6.92 Å². The van der Waals surface area contributed by atoms with Gasteiger partial charge in [-0.05, 0) is 13.3 Å². The van der Waals surface area contributed by atoms with Crippen LogP contribution in [0.2, 0.25) is 0 Å². The molecule has 0 aliphatic heterocycles. The van der Waals surface area contributed by atoms with Gasteiger partial charge < -0.3 is 9.90 Å². The maximum absolute atomic E-state index is 10.5. The highest BCUT2D eigenvalue weighted by Gasteiger charge is 2.22. The molecule has 1 atom stereocenters. The van der Waals surface area contributed by atoms with Gasteiger partial charge in [0, 0.05) is 13.0 Å². The molecule has 1 N–H and O–H groups in total. The van der Waals surface area contributed by atoms with Crippen LogP contribution in [0.1, 0.15) is 26.1 Å². The van der Waals surface area contributed by atoms with Crippen molar-refractivity contribution in [1.82, 2.24) is 14.8 Å². The largest absolute Gasteiger partial charge is 0.382 e. The van der Waals surface area contributed by atoms with Gasteiger partial charge in [-0.25, -0.2) is 9.67 Å². The molecule has 0 aromatic carbocycles. The first-order valence-corrected chi connectivity index (χ1v) is 4.64. The van der Waals surface area contributed by atoms with Gasteiger partial charge in [0.05, 0.1) is 0 Å². The summed E-state index contributed by atoms with van der Waals surface area (Å²) in [5.74, 6) is 0.643. The Morgan fingerprint density at radius 2 is 2.43 bits per heavy atom. The summed E-state index contributed by atoms with van der Waals surface area (Å²) in [7, 11) is 0. The molecule has 14 heavy (non-hydrogen) atoms. The Balaban J connectivity index is 2.75. The van der Waals surface area contributed by atoms with Crippen molar-refractivity contribution < 1.29 is 9.90 Å². The molecule has 0 fully saturated rings. The lowest BCUT2D eigenvalue weighted by atomic mass is 10.0. The molecule has 0 spiro atoms. The van der Waals surface area contributed by atoms with Gasteiger partial charge >= 0.3 is 0 Å². The number of hydrogen-bond acceptors (Lipinski definition) is 4. The Hall–Kier alpha value is -1.23. The SMILES string of the molecule is CCCn1ncnc1CC(C)(O)C=O. The van der Waals surface area contributed by atoms with Crippen LogP contribution in [-0.2, 0) is 17.8 Å². The molecule has 0 radical (unpaired) electrons. The van der Waals surface area contributed by atoms with Crippen LogP contribution >= 0.6 is 0 Å². The Kier molecular flexibility index (Phi) is 3.35. The molecule has 5 nitrogen and oxygen atoms in total. The molecule has 0 aliphatic carbocycles. The van der Waals surface area contributed by atoms with E-state index in [-0.39, 0.29) is 6.42 Å².